The Morgan fingerprint density at radius 3 is 2.47 bits per heavy atom. The summed E-state index contributed by atoms with van der Waals surface area (Å²) < 4.78 is 4.46. The Balaban J connectivity index is 0. The van der Waals surface area contributed by atoms with E-state index in [0.717, 1.165) is 25.1 Å². The Morgan fingerprint density at radius 2 is 2.12 bits per heavy atom. The lowest BCUT2D eigenvalue weighted by Crippen LogP contribution is -2.08. The summed E-state index contributed by atoms with van der Waals surface area (Å²) in [6.45, 7) is 6.90. The Hall–Kier alpha value is -0.250. The van der Waals surface area contributed by atoms with Crippen LogP contribution in [0.2, 0.25) is 0 Å². The zero-order valence-electron chi connectivity index (χ0n) is 10.5. The quantitative estimate of drug-likeness (QED) is 0.444. The number of aliphatic hydroxyl groups excluding tert-OH is 1. The molecule has 0 rings (SSSR count). The van der Waals surface area contributed by atoms with Crippen molar-refractivity contribution in [1.82, 2.24) is 0 Å². The van der Waals surface area contributed by atoms with Crippen molar-refractivity contribution >= 4 is 29.2 Å². The van der Waals surface area contributed by atoms with E-state index >= 15 is 0 Å². The van der Waals surface area contributed by atoms with E-state index in [0.29, 0.717) is 11.0 Å². The number of halogens is 2. The molecule has 0 saturated carbocycles. The van der Waals surface area contributed by atoms with Crippen molar-refractivity contribution in [1.29, 1.82) is 0 Å². The van der Waals surface area contributed by atoms with Crippen molar-refractivity contribution in [3.8, 4) is 0 Å². The molecule has 0 aromatic rings. The van der Waals surface area contributed by atoms with Crippen LogP contribution >= 0.6 is 23.2 Å². The first-order valence-electron chi connectivity index (χ1n) is 5.63. The molecule has 3 nitrogen and oxygen atoms in total. The predicted molar refractivity (Wildman–Crippen MR) is 72.7 cm³/mol. The van der Waals surface area contributed by atoms with Crippen molar-refractivity contribution in [3.63, 3.8) is 0 Å². The van der Waals surface area contributed by atoms with Gasteiger partial charge in [0.15, 0.2) is 0 Å². The van der Waals surface area contributed by atoms with Crippen LogP contribution in [0.25, 0.3) is 0 Å². The molecule has 0 spiro atoms. The lowest BCUT2D eigenvalue weighted by atomic mass is 10.2. The molecule has 0 saturated heterocycles. The summed E-state index contributed by atoms with van der Waals surface area (Å²) >= 11 is 11.2. The maximum Gasteiger partial charge on any atom is 0.333 e. The summed E-state index contributed by atoms with van der Waals surface area (Å²) in [5, 5.41) is 8.53. The zero-order chi connectivity index (χ0) is 13.7. The van der Waals surface area contributed by atoms with E-state index < -0.39 is 5.97 Å². The van der Waals surface area contributed by atoms with Gasteiger partial charge in [-0.2, -0.15) is 0 Å². The third-order valence-electron chi connectivity index (χ3n) is 1.77. The van der Waals surface area contributed by atoms with Gasteiger partial charge in [-0.1, -0.05) is 13.5 Å². The second-order valence-corrected chi connectivity index (χ2v) is 4.47. The van der Waals surface area contributed by atoms with E-state index in [9.17, 15) is 4.79 Å². The van der Waals surface area contributed by atoms with Crippen LogP contribution in [0.15, 0.2) is 12.2 Å². The Morgan fingerprint density at radius 1 is 1.53 bits per heavy atom. The second kappa shape index (κ2) is 13.8. The van der Waals surface area contributed by atoms with Gasteiger partial charge in [-0.25, -0.2) is 4.79 Å². The number of hydrogen-bond acceptors (Lipinski definition) is 3. The highest BCUT2D eigenvalue weighted by Gasteiger charge is 2.00. The van der Waals surface area contributed by atoms with Gasteiger partial charge in [0.05, 0.1) is 6.61 Å². The van der Waals surface area contributed by atoms with E-state index in [1.54, 1.807) is 6.92 Å². The zero-order valence-corrected chi connectivity index (χ0v) is 12.1. The van der Waals surface area contributed by atoms with Crippen LogP contribution in [0.5, 0.6) is 0 Å². The van der Waals surface area contributed by atoms with Crippen molar-refractivity contribution < 1.29 is 14.6 Å². The van der Waals surface area contributed by atoms with Gasteiger partial charge in [-0.05, 0) is 26.2 Å². The number of esters is 1. The molecule has 17 heavy (non-hydrogen) atoms. The van der Waals surface area contributed by atoms with Gasteiger partial charge in [0, 0.05) is 16.8 Å². The summed E-state index contributed by atoms with van der Waals surface area (Å²) in [6, 6.07) is 0. The minimum atomic E-state index is -0.455. The third kappa shape index (κ3) is 15.8. The predicted octanol–water partition coefficient (Wildman–Crippen LogP) is 3.12. The Bertz CT molecular complexity index is 208. The molecule has 0 radical (unpaired) electrons. The third-order valence-corrected chi connectivity index (χ3v) is 2.56. The molecule has 0 fully saturated rings. The summed E-state index contributed by atoms with van der Waals surface area (Å²) in [6.07, 6.45) is 3.16. The second-order valence-electron chi connectivity index (χ2n) is 3.48. The van der Waals surface area contributed by atoms with Gasteiger partial charge in [0.25, 0.3) is 0 Å². The molecule has 0 bridgehead atoms. The molecule has 102 valence electrons. The standard InChI is InChI=1S/C6H12Cl2.C6H10O3/c1-2-6(8)4-3-5-7;1-5(2)6(8)9-4-3-7/h6H,2-5H2,1H3;7H,1,3-4H2,2H3. The van der Waals surface area contributed by atoms with Crippen molar-refractivity contribution in [3.05, 3.63) is 12.2 Å². The molecule has 1 unspecified atom stereocenters. The Labute approximate surface area is 114 Å². The first-order valence-corrected chi connectivity index (χ1v) is 6.60. The first-order chi connectivity index (χ1) is 7.99. The number of aliphatic hydroxyl groups is 1. The van der Waals surface area contributed by atoms with Crippen LogP contribution in [-0.4, -0.2) is 35.5 Å². The summed E-state index contributed by atoms with van der Waals surface area (Å²) in [4.78, 5) is 10.5. The average Bonchev–Trinajstić information content (AvgIpc) is 2.33. The van der Waals surface area contributed by atoms with Gasteiger partial charge in [-0.15, -0.1) is 23.2 Å². The minimum absolute atomic E-state index is 0.0473. The number of rotatable bonds is 7. The maximum atomic E-state index is 10.5. The van der Waals surface area contributed by atoms with Gasteiger partial charge in [0.2, 0.25) is 0 Å². The van der Waals surface area contributed by atoms with Gasteiger partial charge in [-0.3, -0.25) is 0 Å². The minimum Gasteiger partial charge on any atom is -0.460 e. The topological polar surface area (TPSA) is 46.5 Å². The van der Waals surface area contributed by atoms with Gasteiger partial charge < -0.3 is 9.84 Å². The fraction of sp³-hybridized carbons (Fsp3) is 0.750. The van der Waals surface area contributed by atoms with E-state index in [2.05, 4.69) is 18.2 Å². The molecule has 0 aliphatic heterocycles. The molecule has 0 heterocycles. The smallest absolute Gasteiger partial charge is 0.333 e. The van der Waals surface area contributed by atoms with E-state index in [1.807, 2.05) is 0 Å². The van der Waals surface area contributed by atoms with Crippen LogP contribution in [0.3, 0.4) is 0 Å². The molecule has 5 heteroatoms. The van der Waals surface area contributed by atoms with E-state index in [1.165, 1.54) is 0 Å². The fourth-order valence-electron chi connectivity index (χ4n) is 0.764. The molecule has 0 aromatic carbocycles. The highest BCUT2D eigenvalue weighted by molar-refractivity contribution is 6.20. The number of hydrogen-bond donors (Lipinski definition) is 1. The fourth-order valence-corrected chi connectivity index (χ4v) is 1.07. The number of alkyl halides is 2. The molecule has 0 aliphatic carbocycles. The van der Waals surface area contributed by atoms with Crippen LogP contribution < -0.4 is 0 Å². The summed E-state index contributed by atoms with van der Waals surface area (Å²) in [5.41, 5.74) is 0.350. The summed E-state index contributed by atoms with van der Waals surface area (Å²) in [5.74, 6) is 0.285. The average molecular weight is 285 g/mol. The highest BCUT2D eigenvalue weighted by atomic mass is 35.5. The number of ether oxygens (including phenoxy) is 1. The monoisotopic (exact) mass is 284 g/mol. The molecule has 1 atom stereocenters. The Kier molecular flexibility index (Phi) is 15.5. The lowest BCUT2D eigenvalue weighted by molar-refractivity contribution is -0.139. The van der Waals surface area contributed by atoms with Crippen molar-refractivity contribution in [2.45, 2.75) is 38.5 Å². The maximum absolute atomic E-state index is 10.5. The molecule has 0 aliphatic rings. The molecule has 0 aromatic heterocycles. The molecular weight excluding hydrogens is 263 g/mol. The molecule has 1 N–H and O–H groups in total. The number of carbonyl (C=O) groups excluding carboxylic acids is 1. The largest absolute Gasteiger partial charge is 0.460 e. The normalized spacial score (nSPS) is 11.1. The van der Waals surface area contributed by atoms with Gasteiger partial charge in [0.1, 0.15) is 6.61 Å². The van der Waals surface area contributed by atoms with Crippen molar-refractivity contribution in [2.24, 2.45) is 0 Å². The van der Waals surface area contributed by atoms with Gasteiger partial charge >= 0.3 is 5.97 Å². The summed E-state index contributed by atoms with van der Waals surface area (Å²) in [7, 11) is 0. The SMILES string of the molecule is C=C(C)C(=O)OCCO.CCC(Cl)CCCCl. The first kappa shape index (κ1) is 19.1. The van der Waals surface area contributed by atoms with E-state index in [4.69, 9.17) is 28.3 Å². The van der Waals surface area contributed by atoms with Crippen LogP contribution in [0.4, 0.5) is 0 Å². The van der Waals surface area contributed by atoms with Crippen LogP contribution in [0.1, 0.15) is 33.1 Å². The van der Waals surface area contributed by atoms with Crippen LogP contribution in [-0.2, 0) is 9.53 Å². The van der Waals surface area contributed by atoms with Crippen molar-refractivity contribution in [2.75, 3.05) is 19.1 Å². The lowest BCUT2D eigenvalue weighted by Gasteiger charge is -2.01. The molecule has 0 amide bonds. The van der Waals surface area contributed by atoms with Crippen LogP contribution in [0, 0.1) is 0 Å². The highest BCUT2D eigenvalue weighted by Crippen LogP contribution is 2.08. The number of carbonyl (C=O) groups is 1. The van der Waals surface area contributed by atoms with E-state index in [-0.39, 0.29) is 13.2 Å². The molecular formula is C12H22Cl2O3.